The maximum absolute atomic E-state index is 12.9. The summed E-state index contributed by atoms with van der Waals surface area (Å²) in [6.07, 6.45) is 3.47. The van der Waals surface area contributed by atoms with Crippen LogP contribution in [0.1, 0.15) is 10.4 Å². The van der Waals surface area contributed by atoms with Crippen LogP contribution in [-0.4, -0.2) is 10.5 Å². The molecule has 0 aliphatic rings. The SMILES string of the molecule is Cn1ccc(C(=O)Nc2ccc(F)c(Cl)c2)c1. The number of benzene rings is 1. The Morgan fingerprint density at radius 2 is 2.18 bits per heavy atom. The number of hydrogen-bond acceptors (Lipinski definition) is 1. The highest BCUT2D eigenvalue weighted by Gasteiger charge is 2.08. The zero-order valence-corrected chi connectivity index (χ0v) is 9.83. The summed E-state index contributed by atoms with van der Waals surface area (Å²) in [6, 6.07) is 5.74. The summed E-state index contributed by atoms with van der Waals surface area (Å²) in [5.41, 5.74) is 0.998. The second kappa shape index (κ2) is 4.59. The molecule has 2 rings (SSSR count). The van der Waals surface area contributed by atoms with E-state index in [0.717, 1.165) is 0 Å². The predicted molar refractivity (Wildman–Crippen MR) is 64.8 cm³/mol. The molecule has 3 nitrogen and oxygen atoms in total. The standard InChI is InChI=1S/C12H10ClFN2O/c1-16-5-4-8(7-16)12(17)15-9-2-3-11(14)10(13)6-9/h2-7H,1H3,(H,15,17). The lowest BCUT2D eigenvalue weighted by Gasteiger charge is -2.04. The molecule has 0 atom stereocenters. The van der Waals surface area contributed by atoms with E-state index in [2.05, 4.69) is 5.32 Å². The summed E-state index contributed by atoms with van der Waals surface area (Å²) in [6.45, 7) is 0. The summed E-state index contributed by atoms with van der Waals surface area (Å²) < 4.78 is 14.7. The first-order valence-electron chi connectivity index (χ1n) is 4.94. The van der Waals surface area contributed by atoms with Crippen LogP contribution in [0.25, 0.3) is 0 Å². The summed E-state index contributed by atoms with van der Waals surface area (Å²) in [5, 5.41) is 2.62. The maximum atomic E-state index is 12.9. The molecule has 1 amide bonds. The van der Waals surface area contributed by atoms with E-state index in [0.29, 0.717) is 11.3 Å². The van der Waals surface area contributed by atoms with Gasteiger partial charge in [0.25, 0.3) is 5.91 Å². The van der Waals surface area contributed by atoms with Gasteiger partial charge in [-0.15, -0.1) is 0 Å². The van der Waals surface area contributed by atoms with Crippen molar-refractivity contribution in [2.45, 2.75) is 0 Å². The van der Waals surface area contributed by atoms with Crippen LogP contribution in [0.3, 0.4) is 0 Å². The van der Waals surface area contributed by atoms with Gasteiger partial charge in [-0.3, -0.25) is 4.79 Å². The number of aromatic nitrogens is 1. The lowest BCUT2D eigenvalue weighted by atomic mass is 10.2. The minimum absolute atomic E-state index is 0.0177. The molecule has 1 aromatic heterocycles. The molecule has 0 saturated heterocycles. The molecule has 0 unspecified atom stereocenters. The van der Waals surface area contributed by atoms with E-state index in [1.54, 1.807) is 23.0 Å². The van der Waals surface area contributed by atoms with E-state index in [1.807, 2.05) is 7.05 Å². The Bertz CT molecular complexity index is 565. The van der Waals surface area contributed by atoms with Gasteiger partial charge in [0.15, 0.2) is 0 Å². The number of rotatable bonds is 2. The van der Waals surface area contributed by atoms with Crippen molar-refractivity contribution in [2.24, 2.45) is 7.05 Å². The fraction of sp³-hybridized carbons (Fsp3) is 0.0833. The number of anilines is 1. The van der Waals surface area contributed by atoms with Crippen molar-refractivity contribution < 1.29 is 9.18 Å². The first-order chi connectivity index (χ1) is 8.06. The average molecular weight is 253 g/mol. The van der Waals surface area contributed by atoms with Gasteiger partial charge >= 0.3 is 0 Å². The quantitative estimate of drug-likeness (QED) is 0.876. The second-order valence-electron chi connectivity index (χ2n) is 3.65. The number of amides is 1. The molecule has 2 aromatic rings. The molecule has 0 bridgehead atoms. The molecule has 0 aliphatic carbocycles. The van der Waals surface area contributed by atoms with E-state index < -0.39 is 5.82 Å². The Kier molecular flexibility index (Phi) is 3.15. The Balaban J connectivity index is 2.15. The highest BCUT2D eigenvalue weighted by molar-refractivity contribution is 6.31. The van der Waals surface area contributed by atoms with Gasteiger partial charge in [0.2, 0.25) is 0 Å². The second-order valence-corrected chi connectivity index (χ2v) is 4.06. The third-order valence-electron chi connectivity index (χ3n) is 2.27. The van der Waals surface area contributed by atoms with Gasteiger partial charge in [-0.2, -0.15) is 0 Å². The van der Waals surface area contributed by atoms with Gasteiger partial charge in [0.05, 0.1) is 10.6 Å². The summed E-state index contributed by atoms with van der Waals surface area (Å²) in [4.78, 5) is 11.8. The van der Waals surface area contributed by atoms with Crippen molar-refractivity contribution >= 4 is 23.2 Å². The van der Waals surface area contributed by atoms with Crippen LogP contribution < -0.4 is 5.32 Å². The molecule has 17 heavy (non-hydrogen) atoms. The number of nitrogens with one attached hydrogen (secondary N) is 1. The van der Waals surface area contributed by atoms with Crippen LogP contribution in [0.4, 0.5) is 10.1 Å². The van der Waals surface area contributed by atoms with Crippen LogP contribution in [0.5, 0.6) is 0 Å². The molecule has 1 heterocycles. The zero-order valence-electron chi connectivity index (χ0n) is 9.08. The van der Waals surface area contributed by atoms with E-state index in [1.165, 1.54) is 18.2 Å². The fourth-order valence-corrected chi connectivity index (χ4v) is 1.60. The topological polar surface area (TPSA) is 34.0 Å². The van der Waals surface area contributed by atoms with Crippen molar-refractivity contribution in [1.82, 2.24) is 4.57 Å². The molecule has 5 heteroatoms. The summed E-state index contributed by atoms with van der Waals surface area (Å²) in [7, 11) is 1.82. The molecule has 0 radical (unpaired) electrons. The van der Waals surface area contributed by atoms with E-state index in [9.17, 15) is 9.18 Å². The van der Waals surface area contributed by atoms with E-state index in [-0.39, 0.29) is 10.9 Å². The monoisotopic (exact) mass is 252 g/mol. The number of carbonyl (C=O) groups is 1. The van der Waals surface area contributed by atoms with Crippen LogP contribution in [0.15, 0.2) is 36.7 Å². The molecule has 0 aliphatic heterocycles. The molecule has 88 valence electrons. The summed E-state index contributed by atoms with van der Waals surface area (Å²) in [5.74, 6) is -0.766. The highest BCUT2D eigenvalue weighted by atomic mass is 35.5. The van der Waals surface area contributed by atoms with Crippen molar-refractivity contribution in [3.05, 3.63) is 53.1 Å². The Morgan fingerprint density at radius 3 is 2.76 bits per heavy atom. The van der Waals surface area contributed by atoms with Gasteiger partial charge < -0.3 is 9.88 Å². The van der Waals surface area contributed by atoms with E-state index in [4.69, 9.17) is 11.6 Å². The zero-order chi connectivity index (χ0) is 12.4. The Labute approximate surface area is 103 Å². The minimum atomic E-state index is -0.510. The van der Waals surface area contributed by atoms with Crippen LogP contribution in [0.2, 0.25) is 5.02 Å². The number of aryl methyl sites for hydroxylation is 1. The highest BCUT2D eigenvalue weighted by Crippen LogP contribution is 2.19. The molecular formula is C12H10ClFN2O. The minimum Gasteiger partial charge on any atom is -0.356 e. The van der Waals surface area contributed by atoms with Crippen LogP contribution >= 0.6 is 11.6 Å². The first-order valence-corrected chi connectivity index (χ1v) is 5.32. The molecule has 0 spiro atoms. The Hall–Kier alpha value is -1.81. The predicted octanol–water partition coefficient (Wildman–Crippen LogP) is 3.07. The average Bonchev–Trinajstić information content (AvgIpc) is 2.70. The maximum Gasteiger partial charge on any atom is 0.257 e. The normalized spacial score (nSPS) is 10.3. The number of halogens is 2. The number of hydrogen-bond donors (Lipinski definition) is 1. The van der Waals surface area contributed by atoms with Crippen molar-refractivity contribution in [3.8, 4) is 0 Å². The third-order valence-corrected chi connectivity index (χ3v) is 2.56. The smallest absolute Gasteiger partial charge is 0.257 e. The van der Waals surface area contributed by atoms with Crippen LogP contribution in [-0.2, 0) is 7.05 Å². The Morgan fingerprint density at radius 1 is 1.41 bits per heavy atom. The van der Waals surface area contributed by atoms with Gasteiger partial charge in [0, 0.05) is 25.1 Å². The molecule has 0 fully saturated rings. The van der Waals surface area contributed by atoms with Crippen molar-refractivity contribution in [3.63, 3.8) is 0 Å². The van der Waals surface area contributed by atoms with E-state index >= 15 is 0 Å². The third kappa shape index (κ3) is 2.65. The fourth-order valence-electron chi connectivity index (χ4n) is 1.41. The van der Waals surface area contributed by atoms with Gasteiger partial charge in [0.1, 0.15) is 5.82 Å². The number of carbonyl (C=O) groups excluding carboxylic acids is 1. The summed E-state index contributed by atoms with van der Waals surface area (Å²) >= 11 is 5.62. The van der Waals surface area contributed by atoms with Crippen molar-refractivity contribution in [2.75, 3.05) is 5.32 Å². The van der Waals surface area contributed by atoms with Crippen molar-refractivity contribution in [1.29, 1.82) is 0 Å². The van der Waals surface area contributed by atoms with Gasteiger partial charge in [-0.05, 0) is 24.3 Å². The van der Waals surface area contributed by atoms with Gasteiger partial charge in [-0.25, -0.2) is 4.39 Å². The molecule has 1 aromatic carbocycles. The first kappa shape index (κ1) is 11.7. The number of nitrogens with zero attached hydrogens (tertiary/aromatic N) is 1. The van der Waals surface area contributed by atoms with Gasteiger partial charge in [-0.1, -0.05) is 11.6 Å². The lowest BCUT2D eigenvalue weighted by molar-refractivity contribution is 0.102. The largest absolute Gasteiger partial charge is 0.356 e. The van der Waals surface area contributed by atoms with Crippen LogP contribution in [0, 0.1) is 5.82 Å². The molecule has 0 saturated carbocycles. The lowest BCUT2D eigenvalue weighted by Crippen LogP contribution is -2.11. The molecule has 1 N–H and O–H groups in total. The molecular weight excluding hydrogens is 243 g/mol.